The predicted molar refractivity (Wildman–Crippen MR) is 64.4 cm³/mol. The fraction of sp³-hybridized carbons (Fsp3) is 0.636. The monoisotopic (exact) mass is 242 g/mol. The molecule has 0 amide bonds. The van der Waals surface area contributed by atoms with Crippen molar-refractivity contribution in [2.24, 2.45) is 0 Å². The second kappa shape index (κ2) is 5.96. The number of hydrogen-bond acceptors (Lipinski definition) is 5. The van der Waals surface area contributed by atoms with Crippen molar-refractivity contribution in [2.75, 3.05) is 14.2 Å². The lowest BCUT2D eigenvalue weighted by molar-refractivity contribution is -0.141. The number of methoxy groups -OCH3 is 1. The minimum Gasteiger partial charge on any atom is -0.469 e. The lowest BCUT2D eigenvalue weighted by Crippen LogP contribution is -2.31. The van der Waals surface area contributed by atoms with E-state index in [1.807, 2.05) is 20.9 Å². The molecule has 1 rings (SSSR count). The minimum absolute atomic E-state index is 0.162. The van der Waals surface area contributed by atoms with Gasteiger partial charge in [0.25, 0.3) is 0 Å². The van der Waals surface area contributed by atoms with Crippen molar-refractivity contribution >= 4 is 17.3 Å². The summed E-state index contributed by atoms with van der Waals surface area (Å²) < 4.78 is 4.65. The molecule has 0 bridgehead atoms. The van der Waals surface area contributed by atoms with Crippen LogP contribution in [0, 0.1) is 6.92 Å². The number of aromatic nitrogens is 1. The zero-order valence-corrected chi connectivity index (χ0v) is 11.0. The fourth-order valence-electron chi connectivity index (χ4n) is 1.37. The van der Waals surface area contributed by atoms with Crippen molar-refractivity contribution < 1.29 is 9.53 Å². The number of carbonyl (C=O) groups excluding carboxylic acids is 1. The van der Waals surface area contributed by atoms with Crippen molar-refractivity contribution in [1.29, 1.82) is 0 Å². The molecule has 1 heterocycles. The van der Waals surface area contributed by atoms with Gasteiger partial charge >= 0.3 is 5.97 Å². The number of esters is 1. The van der Waals surface area contributed by atoms with Gasteiger partial charge in [-0.25, -0.2) is 4.98 Å². The van der Waals surface area contributed by atoms with Gasteiger partial charge in [-0.2, -0.15) is 0 Å². The SMILES string of the molecule is COC(=O)CC(C)N(C)Cc1csc(C)n1. The summed E-state index contributed by atoms with van der Waals surface area (Å²) in [5, 5.41) is 3.13. The molecule has 16 heavy (non-hydrogen) atoms. The normalized spacial score (nSPS) is 12.8. The maximum atomic E-state index is 11.1. The molecule has 0 saturated heterocycles. The molecule has 1 aromatic rings. The van der Waals surface area contributed by atoms with Crippen LogP contribution in [0.15, 0.2) is 5.38 Å². The average molecular weight is 242 g/mol. The van der Waals surface area contributed by atoms with E-state index in [1.165, 1.54) is 7.11 Å². The highest BCUT2D eigenvalue weighted by Gasteiger charge is 2.15. The first-order valence-electron chi connectivity index (χ1n) is 5.21. The van der Waals surface area contributed by atoms with E-state index in [0.29, 0.717) is 6.42 Å². The van der Waals surface area contributed by atoms with Crippen molar-refractivity contribution in [3.8, 4) is 0 Å². The summed E-state index contributed by atoms with van der Waals surface area (Å²) in [6.07, 6.45) is 0.413. The Morgan fingerprint density at radius 3 is 2.88 bits per heavy atom. The van der Waals surface area contributed by atoms with E-state index in [-0.39, 0.29) is 12.0 Å². The number of nitrogens with zero attached hydrogens (tertiary/aromatic N) is 2. The number of rotatable bonds is 5. The molecule has 0 spiro atoms. The van der Waals surface area contributed by atoms with Gasteiger partial charge in [-0.3, -0.25) is 9.69 Å². The molecule has 1 aromatic heterocycles. The Morgan fingerprint density at radius 1 is 1.69 bits per heavy atom. The molecule has 4 nitrogen and oxygen atoms in total. The van der Waals surface area contributed by atoms with Gasteiger partial charge in [0, 0.05) is 18.0 Å². The van der Waals surface area contributed by atoms with Crippen molar-refractivity contribution in [1.82, 2.24) is 9.88 Å². The summed E-state index contributed by atoms with van der Waals surface area (Å²) in [7, 11) is 3.40. The van der Waals surface area contributed by atoms with Crippen LogP contribution in [-0.4, -0.2) is 36.1 Å². The van der Waals surface area contributed by atoms with E-state index < -0.39 is 0 Å². The Bertz CT molecular complexity index is 352. The Hall–Kier alpha value is -0.940. The van der Waals surface area contributed by atoms with Crippen LogP contribution in [-0.2, 0) is 16.1 Å². The van der Waals surface area contributed by atoms with Gasteiger partial charge in [-0.05, 0) is 20.9 Å². The molecule has 0 aliphatic heterocycles. The zero-order chi connectivity index (χ0) is 12.1. The second-order valence-electron chi connectivity index (χ2n) is 3.90. The first-order chi connectivity index (χ1) is 7.52. The Balaban J connectivity index is 2.45. The van der Waals surface area contributed by atoms with E-state index >= 15 is 0 Å². The number of hydrogen-bond donors (Lipinski definition) is 0. The lowest BCUT2D eigenvalue weighted by Gasteiger charge is -2.22. The topological polar surface area (TPSA) is 42.4 Å². The van der Waals surface area contributed by atoms with E-state index in [2.05, 4.69) is 20.0 Å². The van der Waals surface area contributed by atoms with Crippen LogP contribution in [0.3, 0.4) is 0 Å². The standard InChI is InChI=1S/C11H18N2O2S/c1-8(5-11(14)15-4)13(3)6-10-7-16-9(2)12-10/h7-8H,5-6H2,1-4H3. The highest BCUT2D eigenvalue weighted by Crippen LogP contribution is 2.12. The van der Waals surface area contributed by atoms with Crippen LogP contribution in [0.1, 0.15) is 24.0 Å². The van der Waals surface area contributed by atoms with Gasteiger partial charge in [0.05, 0.1) is 24.2 Å². The van der Waals surface area contributed by atoms with E-state index in [4.69, 9.17) is 0 Å². The van der Waals surface area contributed by atoms with Crippen molar-refractivity contribution in [2.45, 2.75) is 32.9 Å². The fourth-order valence-corrected chi connectivity index (χ4v) is 1.98. The Morgan fingerprint density at radius 2 is 2.38 bits per heavy atom. The van der Waals surface area contributed by atoms with Crippen LogP contribution in [0.25, 0.3) is 0 Å². The third kappa shape index (κ3) is 3.90. The smallest absolute Gasteiger partial charge is 0.307 e. The van der Waals surface area contributed by atoms with Crippen molar-refractivity contribution in [3.63, 3.8) is 0 Å². The van der Waals surface area contributed by atoms with Crippen LogP contribution < -0.4 is 0 Å². The minimum atomic E-state index is -0.172. The average Bonchev–Trinajstić information content (AvgIpc) is 2.63. The molecule has 0 aromatic carbocycles. The van der Waals surface area contributed by atoms with Gasteiger partial charge in [0.1, 0.15) is 0 Å². The summed E-state index contributed by atoms with van der Waals surface area (Å²) in [6, 6.07) is 0.162. The van der Waals surface area contributed by atoms with Crippen LogP contribution in [0.2, 0.25) is 0 Å². The zero-order valence-electron chi connectivity index (χ0n) is 10.2. The first-order valence-corrected chi connectivity index (χ1v) is 6.09. The molecule has 90 valence electrons. The van der Waals surface area contributed by atoms with Crippen LogP contribution in [0.5, 0.6) is 0 Å². The summed E-state index contributed by atoms with van der Waals surface area (Å²) in [5.74, 6) is -0.172. The third-order valence-corrected chi connectivity index (χ3v) is 3.34. The maximum absolute atomic E-state index is 11.1. The summed E-state index contributed by atoms with van der Waals surface area (Å²) >= 11 is 1.65. The van der Waals surface area contributed by atoms with Gasteiger partial charge in [-0.15, -0.1) is 11.3 Å². The van der Waals surface area contributed by atoms with Crippen LogP contribution in [0.4, 0.5) is 0 Å². The molecule has 0 fully saturated rings. The third-order valence-electron chi connectivity index (χ3n) is 2.52. The van der Waals surface area contributed by atoms with E-state index in [0.717, 1.165) is 17.2 Å². The number of aryl methyl sites for hydroxylation is 1. The van der Waals surface area contributed by atoms with E-state index in [1.54, 1.807) is 11.3 Å². The second-order valence-corrected chi connectivity index (χ2v) is 4.96. The molecular weight excluding hydrogens is 224 g/mol. The maximum Gasteiger partial charge on any atom is 0.307 e. The number of carbonyl (C=O) groups is 1. The Labute approximate surface area is 100 Å². The molecule has 0 aliphatic carbocycles. The molecular formula is C11H18N2O2S. The van der Waals surface area contributed by atoms with Crippen LogP contribution >= 0.6 is 11.3 Å². The van der Waals surface area contributed by atoms with E-state index in [9.17, 15) is 4.79 Å². The predicted octanol–water partition coefficient (Wildman–Crippen LogP) is 1.83. The summed E-state index contributed by atoms with van der Waals surface area (Å²) in [4.78, 5) is 17.6. The lowest BCUT2D eigenvalue weighted by atomic mass is 10.2. The molecule has 0 radical (unpaired) electrons. The quantitative estimate of drug-likeness (QED) is 0.739. The number of thiazole rings is 1. The molecule has 1 atom stereocenters. The summed E-state index contributed by atoms with van der Waals surface area (Å²) in [6.45, 7) is 4.77. The largest absolute Gasteiger partial charge is 0.469 e. The molecule has 0 aliphatic rings. The summed E-state index contributed by atoms with van der Waals surface area (Å²) in [5.41, 5.74) is 1.06. The molecule has 0 N–H and O–H groups in total. The molecule has 5 heteroatoms. The van der Waals surface area contributed by atoms with Gasteiger partial charge in [-0.1, -0.05) is 0 Å². The molecule has 1 unspecified atom stereocenters. The van der Waals surface area contributed by atoms with Gasteiger partial charge < -0.3 is 4.74 Å². The van der Waals surface area contributed by atoms with Gasteiger partial charge in [0.15, 0.2) is 0 Å². The molecule has 0 saturated carbocycles. The Kier molecular flexibility index (Phi) is 4.89. The highest BCUT2D eigenvalue weighted by atomic mass is 32.1. The number of ether oxygens (including phenoxy) is 1. The first kappa shape index (κ1) is 13.1. The highest BCUT2D eigenvalue weighted by molar-refractivity contribution is 7.09. The van der Waals surface area contributed by atoms with Gasteiger partial charge in [0.2, 0.25) is 0 Å². The van der Waals surface area contributed by atoms with Crippen molar-refractivity contribution in [3.05, 3.63) is 16.1 Å².